The van der Waals surface area contributed by atoms with Gasteiger partial charge in [0.25, 0.3) is 5.79 Å². The van der Waals surface area contributed by atoms with Crippen molar-refractivity contribution >= 4 is 40.2 Å². The van der Waals surface area contributed by atoms with E-state index in [1.54, 1.807) is 31.2 Å². The Hall–Kier alpha value is -3.44. The van der Waals surface area contributed by atoms with E-state index in [0.717, 1.165) is 25.3 Å². The molecule has 43 heavy (non-hydrogen) atoms. The van der Waals surface area contributed by atoms with Gasteiger partial charge in [0, 0.05) is 38.4 Å². The first-order valence-corrected chi connectivity index (χ1v) is 15.0. The number of imidazole rings is 1. The van der Waals surface area contributed by atoms with Crippen molar-refractivity contribution in [2.24, 2.45) is 11.8 Å². The number of carboxylic acid groups (broad SMARTS) is 1. The highest BCUT2D eigenvalue weighted by Gasteiger charge is 2.59. The number of hydrogen-bond acceptors (Lipinski definition) is 7. The molecule has 2 aromatic heterocycles. The molecular formula is C31H27Cl2FN4O5. The fourth-order valence-electron chi connectivity index (χ4n) is 6.91. The topological polar surface area (TPSA) is 98.9 Å². The Labute approximate surface area is 256 Å². The second-order valence-corrected chi connectivity index (χ2v) is 12.7. The molecule has 0 bridgehead atoms. The third kappa shape index (κ3) is 4.46. The van der Waals surface area contributed by atoms with E-state index in [9.17, 15) is 9.90 Å². The number of aromatic carboxylic acids is 1. The van der Waals surface area contributed by atoms with Gasteiger partial charge >= 0.3 is 5.97 Å². The Morgan fingerprint density at radius 1 is 1.16 bits per heavy atom. The van der Waals surface area contributed by atoms with Crippen LogP contribution in [0.1, 0.15) is 46.7 Å². The zero-order valence-corrected chi connectivity index (χ0v) is 24.6. The summed E-state index contributed by atoms with van der Waals surface area (Å²) in [5.41, 5.74) is 2.51. The van der Waals surface area contributed by atoms with Gasteiger partial charge in [0.2, 0.25) is 0 Å². The van der Waals surface area contributed by atoms with Crippen LogP contribution in [0.2, 0.25) is 10.0 Å². The Morgan fingerprint density at radius 2 is 1.95 bits per heavy atom. The first-order chi connectivity index (χ1) is 20.7. The average Bonchev–Trinajstić information content (AvgIpc) is 3.25. The van der Waals surface area contributed by atoms with Gasteiger partial charge in [0.1, 0.15) is 22.9 Å². The third-order valence-corrected chi connectivity index (χ3v) is 9.69. The van der Waals surface area contributed by atoms with Crippen molar-refractivity contribution in [3.63, 3.8) is 0 Å². The molecular weight excluding hydrogens is 598 g/mol. The van der Waals surface area contributed by atoms with Crippen LogP contribution in [0, 0.1) is 17.7 Å². The molecule has 0 spiro atoms. The van der Waals surface area contributed by atoms with Gasteiger partial charge in [-0.3, -0.25) is 9.88 Å². The number of rotatable bonds is 7. The number of hydrogen-bond donors (Lipinski definition) is 1. The molecule has 3 fully saturated rings. The molecule has 1 saturated carbocycles. The van der Waals surface area contributed by atoms with Crippen molar-refractivity contribution in [3.8, 4) is 11.5 Å². The Balaban J connectivity index is 1.03. The maximum absolute atomic E-state index is 15.4. The summed E-state index contributed by atoms with van der Waals surface area (Å²) in [6.07, 6.45) is 2.53. The minimum Gasteiger partial charge on any atom is -0.478 e. The zero-order valence-electron chi connectivity index (χ0n) is 23.1. The number of carboxylic acids is 1. The van der Waals surface area contributed by atoms with E-state index >= 15 is 4.39 Å². The Kier molecular flexibility index (Phi) is 6.17. The molecule has 4 aliphatic rings. The van der Waals surface area contributed by atoms with Crippen LogP contribution in [-0.2, 0) is 23.6 Å². The van der Waals surface area contributed by atoms with Crippen LogP contribution in [0.25, 0.3) is 11.0 Å². The lowest BCUT2D eigenvalue weighted by atomic mass is 10.0. The van der Waals surface area contributed by atoms with E-state index in [2.05, 4.69) is 9.88 Å². The molecule has 2 saturated heterocycles. The van der Waals surface area contributed by atoms with Gasteiger partial charge in [-0.05, 0) is 60.6 Å². The van der Waals surface area contributed by atoms with E-state index in [-0.39, 0.29) is 35.2 Å². The van der Waals surface area contributed by atoms with Crippen LogP contribution in [-0.4, -0.2) is 56.3 Å². The average molecular weight is 625 g/mol. The van der Waals surface area contributed by atoms with E-state index in [0.29, 0.717) is 63.5 Å². The number of benzene rings is 2. The van der Waals surface area contributed by atoms with Crippen LogP contribution < -0.4 is 9.47 Å². The lowest BCUT2D eigenvalue weighted by Crippen LogP contribution is -2.33. The Bertz CT molecular complexity index is 1780. The predicted octanol–water partition coefficient (Wildman–Crippen LogP) is 5.85. The van der Waals surface area contributed by atoms with Crippen molar-refractivity contribution in [2.75, 3.05) is 19.7 Å². The van der Waals surface area contributed by atoms with Crippen LogP contribution in [0.5, 0.6) is 11.5 Å². The summed E-state index contributed by atoms with van der Waals surface area (Å²) >= 11 is 12.5. The number of likely N-dealkylation sites (tertiary alicyclic amines) is 1. The number of piperidine rings is 1. The number of pyridine rings is 1. The summed E-state index contributed by atoms with van der Waals surface area (Å²) in [5, 5.41) is 10.4. The van der Waals surface area contributed by atoms with E-state index in [1.165, 1.54) is 18.3 Å². The van der Waals surface area contributed by atoms with Gasteiger partial charge in [-0.15, -0.1) is 0 Å². The number of ether oxygens (including phenoxy) is 3. The smallest absolute Gasteiger partial charge is 0.335 e. The number of carbonyl (C=O) groups is 1. The standard InChI is InChI=1S/C31H27Cl2FN4O5/c1-31(24-5-2-16(32)10-35-24)42-23-4-3-21(34)27(29(23)43-31)26-18-12-37(13-19(18)26)14-25-36-28-20(33)8-15(30(39)40)9-22(28)38(25)11-17-6-7-41-17/h2-5,8-10,17-19,26H,6-7,11-14H2,1H3,(H,39,40)/t17?,18-,19+,26?,31?. The molecule has 12 heteroatoms. The summed E-state index contributed by atoms with van der Waals surface area (Å²) in [7, 11) is 0. The number of fused-ring (bicyclic) bond motifs is 3. The summed E-state index contributed by atoms with van der Waals surface area (Å²) < 4.78 is 35.6. The highest BCUT2D eigenvalue weighted by Crippen LogP contribution is 2.63. The van der Waals surface area contributed by atoms with Crippen LogP contribution >= 0.6 is 23.2 Å². The molecule has 1 aliphatic carbocycles. The lowest BCUT2D eigenvalue weighted by Gasteiger charge is -2.28. The van der Waals surface area contributed by atoms with Crippen molar-refractivity contribution < 1.29 is 28.5 Å². The van der Waals surface area contributed by atoms with Gasteiger partial charge in [-0.1, -0.05) is 23.2 Å². The van der Waals surface area contributed by atoms with E-state index in [4.69, 9.17) is 42.4 Å². The minimum absolute atomic E-state index is 0.0186. The molecule has 3 aliphatic heterocycles. The predicted molar refractivity (Wildman–Crippen MR) is 155 cm³/mol. The molecule has 9 nitrogen and oxygen atoms in total. The molecule has 0 radical (unpaired) electrons. The van der Waals surface area contributed by atoms with Crippen molar-refractivity contribution in [2.45, 2.75) is 44.2 Å². The fraction of sp³-hybridized carbons (Fsp3) is 0.387. The SMILES string of the molecule is CC1(c2ccc(Cl)cn2)Oc2ccc(F)c(C3[C@H]4CN(Cc5nc6c(Cl)cc(C(=O)O)cc6n5CC5CCO5)C[C@@H]34)c2O1. The van der Waals surface area contributed by atoms with Gasteiger partial charge in [0.05, 0.1) is 40.3 Å². The summed E-state index contributed by atoms with van der Waals surface area (Å²) in [5.74, 6) is -0.224. The summed E-state index contributed by atoms with van der Waals surface area (Å²) in [6, 6.07) is 9.59. The molecule has 4 aromatic rings. The molecule has 3 unspecified atom stereocenters. The van der Waals surface area contributed by atoms with Crippen LogP contribution in [0.4, 0.5) is 4.39 Å². The second-order valence-electron chi connectivity index (χ2n) is 11.9. The zero-order chi connectivity index (χ0) is 29.6. The Morgan fingerprint density at radius 3 is 2.63 bits per heavy atom. The molecule has 0 amide bonds. The molecule has 2 aromatic carbocycles. The van der Waals surface area contributed by atoms with Gasteiger partial charge < -0.3 is 23.9 Å². The lowest BCUT2D eigenvalue weighted by molar-refractivity contribution is -0.0721. The quantitative estimate of drug-likeness (QED) is 0.273. The first-order valence-electron chi connectivity index (χ1n) is 14.3. The molecule has 222 valence electrons. The largest absolute Gasteiger partial charge is 0.478 e. The van der Waals surface area contributed by atoms with Gasteiger partial charge in [-0.2, -0.15) is 0 Å². The molecule has 1 N–H and O–H groups in total. The van der Waals surface area contributed by atoms with Gasteiger partial charge in [0.15, 0.2) is 11.5 Å². The highest BCUT2D eigenvalue weighted by molar-refractivity contribution is 6.35. The normalized spacial score (nSPS) is 27.3. The fourth-order valence-corrected chi connectivity index (χ4v) is 7.28. The van der Waals surface area contributed by atoms with Crippen LogP contribution in [0.15, 0.2) is 42.6 Å². The van der Waals surface area contributed by atoms with Crippen molar-refractivity contribution in [1.82, 2.24) is 19.4 Å². The van der Waals surface area contributed by atoms with Crippen molar-refractivity contribution in [3.05, 3.63) is 81.1 Å². The maximum atomic E-state index is 15.4. The third-order valence-electron chi connectivity index (χ3n) is 9.18. The maximum Gasteiger partial charge on any atom is 0.335 e. The van der Waals surface area contributed by atoms with E-state index in [1.807, 2.05) is 4.57 Å². The number of nitrogens with zero attached hydrogens (tertiary/aromatic N) is 4. The van der Waals surface area contributed by atoms with Crippen molar-refractivity contribution in [1.29, 1.82) is 0 Å². The molecule has 5 atom stereocenters. The molecule has 8 rings (SSSR count). The summed E-state index contributed by atoms with van der Waals surface area (Å²) in [6.45, 7) is 5.17. The minimum atomic E-state index is -1.18. The number of aromatic nitrogens is 3. The second kappa shape index (κ2) is 9.79. The van der Waals surface area contributed by atoms with Crippen LogP contribution in [0.3, 0.4) is 0 Å². The van der Waals surface area contributed by atoms with E-state index < -0.39 is 11.8 Å². The van der Waals surface area contributed by atoms with Gasteiger partial charge in [-0.25, -0.2) is 14.2 Å². The summed E-state index contributed by atoms with van der Waals surface area (Å²) in [4.78, 5) is 23.2. The highest BCUT2D eigenvalue weighted by atomic mass is 35.5. The molecule has 5 heterocycles. The monoisotopic (exact) mass is 624 g/mol. The number of halogens is 3. The first kappa shape index (κ1) is 27.1.